The zero-order chi connectivity index (χ0) is 18.3. The van der Waals surface area contributed by atoms with Crippen LogP contribution in [0, 0.1) is 0 Å². The Morgan fingerprint density at radius 1 is 0.714 bits per heavy atom. The first kappa shape index (κ1) is 23.7. The molecule has 0 aliphatic heterocycles. The summed E-state index contributed by atoms with van der Waals surface area (Å²) < 4.78 is 1.51. The summed E-state index contributed by atoms with van der Waals surface area (Å²) in [6.07, 6.45) is 7.12. The molecule has 0 radical (unpaired) electrons. The van der Waals surface area contributed by atoms with Gasteiger partial charge in [0.05, 0.1) is 0 Å². The van der Waals surface area contributed by atoms with E-state index in [2.05, 4.69) is 87.6 Å². The third-order valence-electron chi connectivity index (χ3n) is 6.05. The van der Waals surface area contributed by atoms with Gasteiger partial charge in [-0.2, -0.15) is 0 Å². The van der Waals surface area contributed by atoms with Crippen molar-refractivity contribution in [1.29, 1.82) is 0 Å². The van der Waals surface area contributed by atoms with Crippen molar-refractivity contribution in [3.63, 3.8) is 0 Å². The summed E-state index contributed by atoms with van der Waals surface area (Å²) in [6.45, 7) is 9.92. The van der Waals surface area contributed by atoms with E-state index < -0.39 is 16.6 Å². The molecule has 2 aromatic carbocycles. The maximum absolute atomic E-state index is 2.60. The Kier molecular flexibility index (Phi) is 8.43. The number of fused-ring (bicyclic) bond motifs is 2. The van der Waals surface area contributed by atoms with E-state index in [1.54, 1.807) is 22.3 Å². The maximum Gasteiger partial charge on any atom is -1.00 e. The van der Waals surface area contributed by atoms with Gasteiger partial charge in [-0.15, -0.1) is 0 Å². The molecule has 0 bridgehead atoms. The van der Waals surface area contributed by atoms with Crippen LogP contribution < -0.4 is 24.8 Å². The molecular formula is C24H28Cl2SiTi. The molecule has 2 aliphatic rings. The van der Waals surface area contributed by atoms with E-state index in [0.717, 1.165) is 8.45 Å². The van der Waals surface area contributed by atoms with Gasteiger partial charge in [0, 0.05) is 0 Å². The summed E-state index contributed by atoms with van der Waals surface area (Å²) in [7, 11) is 0. The van der Waals surface area contributed by atoms with Gasteiger partial charge in [-0.25, -0.2) is 0 Å². The van der Waals surface area contributed by atoms with E-state index in [0.29, 0.717) is 0 Å². The second-order valence-corrected chi connectivity index (χ2v) is 20.0. The largest absolute Gasteiger partial charge is 1.00 e. The minimum absolute atomic E-state index is 0. The van der Waals surface area contributed by atoms with Gasteiger partial charge in [-0.1, -0.05) is 0 Å². The van der Waals surface area contributed by atoms with Gasteiger partial charge in [0.1, 0.15) is 0 Å². The summed E-state index contributed by atoms with van der Waals surface area (Å²) >= 11 is -1.43. The molecule has 0 aromatic heterocycles. The summed E-state index contributed by atoms with van der Waals surface area (Å²) in [4.78, 5) is 0. The second-order valence-electron chi connectivity index (χ2n) is 7.72. The number of rotatable bonds is 4. The minimum Gasteiger partial charge on any atom is -1.00 e. The predicted molar refractivity (Wildman–Crippen MR) is 112 cm³/mol. The van der Waals surface area contributed by atoms with Gasteiger partial charge >= 0.3 is 165 Å². The predicted octanol–water partition coefficient (Wildman–Crippen LogP) is 0.960. The van der Waals surface area contributed by atoms with E-state index in [1.807, 2.05) is 0 Å². The van der Waals surface area contributed by atoms with Crippen LogP contribution in [0.3, 0.4) is 0 Å². The van der Waals surface area contributed by atoms with E-state index in [1.165, 1.54) is 24.0 Å². The van der Waals surface area contributed by atoms with Gasteiger partial charge in [0.25, 0.3) is 0 Å². The Hall–Kier alpha value is -0.569. The van der Waals surface area contributed by atoms with Crippen molar-refractivity contribution < 1.29 is 41.4 Å². The Labute approximate surface area is 189 Å². The molecular weight excluding hydrogens is 435 g/mol. The van der Waals surface area contributed by atoms with E-state index >= 15 is 0 Å². The molecule has 0 amide bonds. The van der Waals surface area contributed by atoms with E-state index in [4.69, 9.17) is 0 Å². The normalized spacial score (nSPS) is 18.5. The van der Waals surface area contributed by atoms with Crippen molar-refractivity contribution in [3.05, 3.63) is 81.9 Å². The third-order valence-corrected chi connectivity index (χ3v) is 19.1. The smallest absolute Gasteiger partial charge is 1.00 e. The van der Waals surface area contributed by atoms with Crippen LogP contribution in [0.15, 0.2) is 59.7 Å². The number of allylic oxidation sites excluding steroid dienone is 2. The molecule has 4 rings (SSSR count). The van der Waals surface area contributed by atoms with Crippen LogP contribution in [0.25, 0.3) is 12.2 Å². The van der Waals surface area contributed by atoms with Gasteiger partial charge in [0.15, 0.2) is 0 Å². The fraction of sp³-hybridized carbons (Fsp3) is 0.333. The topological polar surface area (TPSA) is 0 Å². The number of benzene rings is 2. The van der Waals surface area contributed by atoms with Gasteiger partial charge in [-0.3, -0.25) is 0 Å². The standard InChI is InChI=1S/2C11H11.C2H6Si.2ClH.Ti/c2*1-2-9-7-10-5-3-4-6-11(10)8-9;1-3-2;;;/h2*3-8H,2H2,1H3;1-2H3;2*1H;/q;;;;;+2/p-2. The van der Waals surface area contributed by atoms with Crippen molar-refractivity contribution in [3.8, 4) is 0 Å². The Morgan fingerprint density at radius 3 is 1.46 bits per heavy atom. The molecule has 0 spiro atoms. The maximum atomic E-state index is 2.60. The molecule has 2 atom stereocenters. The molecule has 0 nitrogen and oxygen atoms in total. The fourth-order valence-corrected chi connectivity index (χ4v) is 18.8. The van der Waals surface area contributed by atoms with Crippen molar-refractivity contribution in [2.45, 2.75) is 48.2 Å². The summed E-state index contributed by atoms with van der Waals surface area (Å²) in [5.74, 6) is 0. The monoisotopic (exact) mass is 462 g/mol. The van der Waals surface area contributed by atoms with Crippen LogP contribution in [0.2, 0.25) is 13.1 Å². The molecule has 2 unspecified atom stereocenters. The molecule has 146 valence electrons. The molecule has 0 saturated heterocycles. The zero-order valence-corrected chi connectivity index (χ0v) is 21.2. The molecule has 0 fully saturated rings. The number of halogens is 2. The molecule has 28 heavy (non-hydrogen) atoms. The Morgan fingerprint density at radius 2 is 1.11 bits per heavy atom. The average molecular weight is 463 g/mol. The van der Waals surface area contributed by atoms with Crippen LogP contribution in [0.4, 0.5) is 0 Å². The van der Waals surface area contributed by atoms with Gasteiger partial charge < -0.3 is 24.8 Å². The quantitative estimate of drug-likeness (QED) is 0.593. The molecule has 2 aliphatic carbocycles. The molecule has 4 heteroatoms. The van der Waals surface area contributed by atoms with Crippen LogP contribution in [0.5, 0.6) is 0 Å². The van der Waals surface area contributed by atoms with Crippen molar-refractivity contribution in [1.82, 2.24) is 0 Å². The first-order valence-corrected chi connectivity index (χ1v) is 16.6. The molecule has 0 N–H and O–H groups in total. The summed E-state index contributed by atoms with van der Waals surface area (Å²) in [5, 5.41) is 0. The summed E-state index contributed by atoms with van der Waals surface area (Å²) in [5.41, 5.74) is 9.71. The first-order valence-electron chi connectivity index (χ1n) is 9.91. The van der Waals surface area contributed by atoms with Gasteiger partial charge in [-0.05, 0) is 0 Å². The van der Waals surface area contributed by atoms with Crippen LogP contribution in [0.1, 0.15) is 57.4 Å². The van der Waals surface area contributed by atoms with Gasteiger partial charge in [0.2, 0.25) is 0 Å². The van der Waals surface area contributed by atoms with Crippen LogP contribution >= 0.6 is 0 Å². The molecule has 2 aromatic rings. The third kappa shape index (κ3) is 4.02. The van der Waals surface area contributed by atoms with Crippen molar-refractivity contribution >= 4 is 18.3 Å². The molecule has 0 saturated carbocycles. The second kappa shape index (κ2) is 9.96. The van der Waals surface area contributed by atoms with Crippen LogP contribution in [-0.2, 0) is 16.6 Å². The SMILES string of the molecule is CCC1=Cc2ccccc2[CH]1[Ti+2]([CH]1C(CC)=Cc2ccccc21)=[Si](C)C.[Cl-].[Cl-]. The number of hydrogen-bond donors (Lipinski definition) is 0. The average Bonchev–Trinajstić information content (AvgIpc) is 3.21. The van der Waals surface area contributed by atoms with E-state index in [9.17, 15) is 0 Å². The van der Waals surface area contributed by atoms with Crippen LogP contribution in [-0.4, -0.2) is 6.19 Å². The Bertz CT molecular complexity index is 883. The van der Waals surface area contributed by atoms with Crippen molar-refractivity contribution in [2.75, 3.05) is 0 Å². The zero-order valence-electron chi connectivity index (χ0n) is 17.1. The minimum atomic E-state index is -1.43. The molecule has 0 heterocycles. The number of hydrogen-bond acceptors (Lipinski definition) is 0. The Balaban J connectivity index is 0.00000140. The fourth-order valence-electron chi connectivity index (χ4n) is 4.87. The van der Waals surface area contributed by atoms with E-state index in [-0.39, 0.29) is 31.0 Å². The summed E-state index contributed by atoms with van der Waals surface area (Å²) in [6, 6.07) is 18.4. The first-order chi connectivity index (χ1) is 12.7. The van der Waals surface area contributed by atoms with Crippen molar-refractivity contribution in [2.24, 2.45) is 0 Å².